The predicted molar refractivity (Wildman–Crippen MR) is 142 cm³/mol. The van der Waals surface area contributed by atoms with Crippen molar-refractivity contribution in [2.45, 2.75) is 49.6 Å². The number of thiophene rings is 1. The normalized spacial score (nSPS) is 15.0. The molecule has 1 aromatic carbocycles. The number of rotatable bonds is 8. The van der Waals surface area contributed by atoms with Crippen molar-refractivity contribution in [3.63, 3.8) is 0 Å². The summed E-state index contributed by atoms with van der Waals surface area (Å²) >= 11 is 2.66. The topological polar surface area (TPSA) is 103 Å². The van der Waals surface area contributed by atoms with E-state index >= 15 is 0 Å². The van der Waals surface area contributed by atoms with Crippen molar-refractivity contribution in [2.24, 2.45) is 0 Å². The summed E-state index contributed by atoms with van der Waals surface area (Å²) in [6.07, 6.45) is 1.43. The van der Waals surface area contributed by atoms with Crippen LogP contribution in [0.5, 0.6) is 5.75 Å². The number of ether oxygens (including phenoxy) is 2. The van der Waals surface area contributed by atoms with Crippen molar-refractivity contribution < 1.29 is 19.1 Å². The summed E-state index contributed by atoms with van der Waals surface area (Å²) in [7, 11) is 1.56. The van der Waals surface area contributed by atoms with E-state index in [9.17, 15) is 14.4 Å². The second-order valence-electron chi connectivity index (χ2n) is 8.33. The van der Waals surface area contributed by atoms with Crippen LogP contribution in [0.3, 0.4) is 0 Å². The summed E-state index contributed by atoms with van der Waals surface area (Å²) < 4.78 is 12.8. The minimum absolute atomic E-state index is 0.105. The molecule has 3 heterocycles. The highest BCUT2D eigenvalue weighted by Crippen LogP contribution is 2.33. The van der Waals surface area contributed by atoms with E-state index in [1.807, 2.05) is 30.5 Å². The average Bonchev–Trinajstić information content (AvgIpc) is 3.37. The largest absolute Gasteiger partial charge is 0.495 e. The number of nitrogens with one attached hydrogen (secondary N) is 1. The maximum Gasteiger partial charge on any atom is 0.409 e. The Balaban J connectivity index is 1.60. The molecular weight excluding hydrogens is 500 g/mol. The molecule has 0 saturated carbocycles. The van der Waals surface area contributed by atoms with Crippen molar-refractivity contribution in [3.05, 3.63) is 46.1 Å². The number of thioether (sulfide) groups is 1. The van der Waals surface area contributed by atoms with E-state index < -0.39 is 5.25 Å². The van der Waals surface area contributed by atoms with E-state index in [4.69, 9.17) is 14.5 Å². The van der Waals surface area contributed by atoms with Crippen molar-refractivity contribution in [1.82, 2.24) is 14.5 Å². The standard InChI is InChI=1S/C25H30N4O5S2/c1-4-20(22(30)26-17-8-6-7-9-19(17)33-3)36-24-27-18-12-15-35-21(18)23(31)29(24)16-10-13-28(14-11-16)25(32)34-5-2/h6-9,12,15-16,20H,4-5,10-11,13-14H2,1-3H3,(H,26,30)/t20-/m1/s1. The second-order valence-corrected chi connectivity index (χ2v) is 10.4. The molecule has 1 aliphatic rings. The zero-order valence-electron chi connectivity index (χ0n) is 20.6. The number of methoxy groups -OCH3 is 1. The molecule has 1 atom stereocenters. The van der Waals surface area contributed by atoms with Crippen molar-refractivity contribution in [1.29, 1.82) is 0 Å². The SMILES string of the molecule is CCOC(=O)N1CCC(n2c(S[C@H](CC)C(=O)Nc3ccccc3OC)nc3ccsc3c2=O)CC1. The van der Waals surface area contributed by atoms with Gasteiger partial charge in [-0.1, -0.05) is 30.8 Å². The molecule has 9 nitrogen and oxygen atoms in total. The Bertz CT molecular complexity index is 1280. The van der Waals surface area contributed by atoms with Crippen molar-refractivity contribution >= 4 is 51.0 Å². The fourth-order valence-electron chi connectivity index (χ4n) is 4.24. The number of amides is 2. The summed E-state index contributed by atoms with van der Waals surface area (Å²) in [5, 5.41) is 4.85. The lowest BCUT2D eigenvalue weighted by atomic mass is 10.1. The first kappa shape index (κ1) is 26.0. The van der Waals surface area contributed by atoms with Gasteiger partial charge in [0.2, 0.25) is 5.91 Å². The van der Waals surface area contributed by atoms with E-state index in [1.165, 1.54) is 23.1 Å². The molecule has 36 heavy (non-hydrogen) atoms. The lowest BCUT2D eigenvalue weighted by molar-refractivity contribution is -0.115. The van der Waals surface area contributed by atoms with E-state index in [-0.39, 0.29) is 23.6 Å². The minimum atomic E-state index is -0.469. The van der Waals surface area contributed by atoms with Crippen LogP contribution >= 0.6 is 23.1 Å². The molecule has 1 fully saturated rings. The van der Waals surface area contributed by atoms with Gasteiger partial charge >= 0.3 is 6.09 Å². The molecular formula is C25H30N4O5S2. The van der Waals surface area contributed by atoms with Gasteiger partial charge in [-0.15, -0.1) is 11.3 Å². The van der Waals surface area contributed by atoms with Gasteiger partial charge in [-0.2, -0.15) is 0 Å². The Hall–Kier alpha value is -3.05. The molecule has 2 aromatic heterocycles. The third-order valence-corrected chi connectivity index (χ3v) is 8.33. The number of benzene rings is 1. The van der Waals surface area contributed by atoms with Gasteiger partial charge < -0.3 is 19.7 Å². The lowest BCUT2D eigenvalue weighted by Crippen LogP contribution is -2.41. The molecule has 4 rings (SSSR count). The van der Waals surface area contributed by atoms with E-state index in [0.29, 0.717) is 65.8 Å². The number of carbonyl (C=O) groups is 2. The fourth-order valence-corrected chi connectivity index (χ4v) is 6.09. The number of aromatic nitrogens is 2. The Labute approximate surface area is 217 Å². The van der Waals surface area contributed by atoms with Crippen LogP contribution in [0.25, 0.3) is 10.2 Å². The first-order valence-electron chi connectivity index (χ1n) is 12.0. The number of piperidine rings is 1. The summed E-state index contributed by atoms with van der Waals surface area (Å²) in [5.74, 6) is 0.393. The van der Waals surface area contributed by atoms with Crippen LogP contribution in [0, 0.1) is 0 Å². The third kappa shape index (κ3) is 5.52. The number of likely N-dealkylation sites (tertiary alicyclic amines) is 1. The van der Waals surface area contributed by atoms with Gasteiger partial charge in [0, 0.05) is 19.1 Å². The van der Waals surface area contributed by atoms with Crippen LogP contribution in [0.15, 0.2) is 45.7 Å². The van der Waals surface area contributed by atoms with Gasteiger partial charge in [0.05, 0.1) is 30.2 Å². The molecule has 1 N–H and O–H groups in total. The first-order valence-corrected chi connectivity index (χ1v) is 13.7. The van der Waals surface area contributed by atoms with Crippen molar-refractivity contribution in [2.75, 3.05) is 32.1 Å². The monoisotopic (exact) mass is 530 g/mol. The van der Waals surface area contributed by atoms with Gasteiger partial charge in [0.25, 0.3) is 5.56 Å². The summed E-state index contributed by atoms with van der Waals surface area (Å²) in [4.78, 5) is 45.4. The number of anilines is 1. The number of carbonyl (C=O) groups excluding carboxylic acids is 2. The van der Waals surface area contributed by atoms with Gasteiger partial charge in [0.15, 0.2) is 5.16 Å². The Morgan fingerprint density at radius 1 is 1.22 bits per heavy atom. The van der Waals surface area contributed by atoms with Gasteiger partial charge in [-0.3, -0.25) is 14.2 Å². The number of fused-ring (bicyclic) bond motifs is 1. The van der Waals surface area contributed by atoms with Crippen LogP contribution in [-0.2, 0) is 9.53 Å². The smallest absolute Gasteiger partial charge is 0.409 e. The first-order chi connectivity index (χ1) is 17.5. The minimum Gasteiger partial charge on any atom is -0.495 e. The van der Waals surface area contributed by atoms with E-state index in [0.717, 1.165) is 0 Å². The summed E-state index contributed by atoms with van der Waals surface area (Å²) in [6.45, 7) is 5.03. The van der Waals surface area contributed by atoms with Crippen LogP contribution in [0.4, 0.5) is 10.5 Å². The summed E-state index contributed by atoms with van der Waals surface area (Å²) in [5.41, 5.74) is 1.12. The molecule has 11 heteroatoms. The molecule has 1 saturated heterocycles. The van der Waals surface area contributed by atoms with Crippen LogP contribution < -0.4 is 15.6 Å². The lowest BCUT2D eigenvalue weighted by Gasteiger charge is -2.33. The highest BCUT2D eigenvalue weighted by molar-refractivity contribution is 8.00. The third-order valence-electron chi connectivity index (χ3n) is 6.11. The van der Waals surface area contributed by atoms with Gasteiger partial charge in [-0.25, -0.2) is 9.78 Å². The molecule has 192 valence electrons. The van der Waals surface area contributed by atoms with Crippen LogP contribution in [0.1, 0.15) is 39.2 Å². The van der Waals surface area contributed by atoms with Gasteiger partial charge in [-0.05, 0) is 49.8 Å². The number of nitrogens with zero attached hydrogens (tertiary/aromatic N) is 3. The average molecular weight is 531 g/mol. The fraction of sp³-hybridized carbons (Fsp3) is 0.440. The second kappa shape index (κ2) is 11.8. The Morgan fingerprint density at radius 3 is 2.67 bits per heavy atom. The molecule has 0 bridgehead atoms. The van der Waals surface area contributed by atoms with Crippen LogP contribution in [-0.4, -0.2) is 58.5 Å². The zero-order valence-corrected chi connectivity index (χ0v) is 22.2. The molecule has 3 aromatic rings. The molecule has 0 radical (unpaired) electrons. The highest BCUT2D eigenvalue weighted by Gasteiger charge is 2.30. The van der Waals surface area contributed by atoms with Crippen LogP contribution in [0.2, 0.25) is 0 Å². The molecule has 1 aliphatic heterocycles. The summed E-state index contributed by atoms with van der Waals surface area (Å²) in [6, 6.07) is 8.95. The number of hydrogen-bond donors (Lipinski definition) is 1. The Kier molecular flexibility index (Phi) is 8.52. The predicted octanol–water partition coefficient (Wildman–Crippen LogP) is 4.77. The highest BCUT2D eigenvalue weighted by atomic mass is 32.2. The maximum atomic E-state index is 13.5. The number of hydrogen-bond acceptors (Lipinski definition) is 8. The quantitative estimate of drug-likeness (QED) is 0.331. The zero-order chi connectivity index (χ0) is 25.7. The molecule has 0 unspecified atom stereocenters. The van der Waals surface area contributed by atoms with Gasteiger partial charge in [0.1, 0.15) is 10.4 Å². The molecule has 2 amide bonds. The van der Waals surface area contributed by atoms with Crippen molar-refractivity contribution in [3.8, 4) is 5.75 Å². The maximum absolute atomic E-state index is 13.5. The van der Waals surface area contributed by atoms with E-state index in [2.05, 4.69) is 5.32 Å². The number of para-hydroxylation sites is 2. The molecule has 0 aliphatic carbocycles. The van der Waals surface area contributed by atoms with E-state index in [1.54, 1.807) is 35.6 Å². The Morgan fingerprint density at radius 2 is 1.97 bits per heavy atom. The molecule has 0 spiro atoms.